The third kappa shape index (κ3) is 1.90. The van der Waals surface area contributed by atoms with Gasteiger partial charge in [-0.2, -0.15) is 0 Å². The molecule has 1 aromatic carbocycles. The average Bonchev–Trinajstić information content (AvgIpc) is 2.63. The van der Waals surface area contributed by atoms with Crippen LogP contribution in [0.3, 0.4) is 0 Å². The zero-order chi connectivity index (χ0) is 10.8. The second-order valence-corrected chi connectivity index (χ2v) is 4.30. The molecule has 0 aliphatic rings. The predicted molar refractivity (Wildman–Crippen MR) is 65.1 cm³/mol. The van der Waals surface area contributed by atoms with E-state index in [1.807, 2.05) is 0 Å². The summed E-state index contributed by atoms with van der Waals surface area (Å²) in [5.74, 6) is 0.545. The molecule has 0 saturated carbocycles. The van der Waals surface area contributed by atoms with E-state index >= 15 is 0 Å². The zero-order valence-electron chi connectivity index (χ0n) is 9.38. The molecule has 2 nitrogen and oxygen atoms in total. The molecule has 80 valence electrons. The van der Waals surface area contributed by atoms with Crippen molar-refractivity contribution in [3.05, 3.63) is 35.5 Å². The highest BCUT2D eigenvalue weighted by atomic mass is 14.7. The van der Waals surface area contributed by atoms with Crippen LogP contribution in [-0.2, 0) is 6.42 Å². The van der Waals surface area contributed by atoms with Gasteiger partial charge in [-0.05, 0) is 35.9 Å². The fourth-order valence-corrected chi connectivity index (χ4v) is 1.92. The lowest BCUT2D eigenvalue weighted by Crippen LogP contribution is -2.03. The standard InChI is InChI=1S/C13H18N2/c1-9(2)12-8-11-5-3-4-10(6-7-14)13(11)15-12/h3-5,8-9,15H,6-7,14H2,1-2H3. The summed E-state index contributed by atoms with van der Waals surface area (Å²) in [5.41, 5.74) is 9.48. The van der Waals surface area contributed by atoms with Crippen molar-refractivity contribution < 1.29 is 0 Å². The lowest BCUT2D eigenvalue weighted by Gasteiger charge is -2.01. The molecule has 0 atom stereocenters. The number of hydrogen-bond donors (Lipinski definition) is 2. The minimum atomic E-state index is 0.545. The Morgan fingerprint density at radius 2 is 2.13 bits per heavy atom. The van der Waals surface area contributed by atoms with Crippen LogP contribution >= 0.6 is 0 Å². The van der Waals surface area contributed by atoms with Gasteiger partial charge < -0.3 is 10.7 Å². The Bertz CT molecular complexity index is 455. The molecule has 0 spiro atoms. The summed E-state index contributed by atoms with van der Waals surface area (Å²) in [6.07, 6.45) is 0.940. The number of benzene rings is 1. The van der Waals surface area contributed by atoms with Crippen molar-refractivity contribution in [1.82, 2.24) is 4.98 Å². The maximum absolute atomic E-state index is 5.60. The lowest BCUT2D eigenvalue weighted by atomic mass is 10.1. The van der Waals surface area contributed by atoms with Gasteiger partial charge in [0.15, 0.2) is 0 Å². The number of hydrogen-bond acceptors (Lipinski definition) is 1. The van der Waals surface area contributed by atoms with Crippen LogP contribution in [-0.4, -0.2) is 11.5 Å². The smallest absolute Gasteiger partial charge is 0.0489 e. The van der Waals surface area contributed by atoms with E-state index in [1.165, 1.54) is 22.2 Å². The number of para-hydroxylation sites is 1. The molecule has 0 unspecified atom stereocenters. The normalized spacial score (nSPS) is 11.5. The number of aromatic amines is 1. The van der Waals surface area contributed by atoms with Crippen LogP contribution in [0.4, 0.5) is 0 Å². The van der Waals surface area contributed by atoms with Crippen molar-refractivity contribution in [2.75, 3.05) is 6.54 Å². The van der Waals surface area contributed by atoms with E-state index < -0.39 is 0 Å². The number of nitrogens with two attached hydrogens (primary N) is 1. The number of rotatable bonds is 3. The maximum atomic E-state index is 5.60. The predicted octanol–water partition coefficient (Wildman–Crippen LogP) is 2.79. The molecule has 1 aromatic heterocycles. The molecule has 15 heavy (non-hydrogen) atoms. The summed E-state index contributed by atoms with van der Waals surface area (Å²) >= 11 is 0. The van der Waals surface area contributed by atoms with E-state index in [4.69, 9.17) is 5.73 Å². The lowest BCUT2D eigenvalue weighted by molar-refractivity contribution is 0.835. The Kier molecular flexibility index (Phi) is 2.78. The average molecular weight is 202 g/mol. The van der Waals surface area contributed by atoms with Gasteiger partial charge in [-0.3, -0.25) is 0 Å². The quantitative estimate of drug-likeness (QED) is 0.789. The second-order valence-electron chi connectivity index (χ2n) is 4.30. The molecule has 2 rings (SSSR count). The van der Waals surface area contributed by atoms with Gasteiger partial charge >= 0.3 is 0 Å². The van der Waals surface area contributed by atoms with Gasteiger partial charge in [-0.25, -0.2) is 0 Å². The fourth-order valence-electron chi connectivity index (χ4n) is 1.92. The van der Waals surface area contributed by atoms with Gasteiger partial charge in [0.2, 0.25) is 0 Å². The molecule has 0 bridgehead atoms. The minimum absolute atomic E-state index is 0.545. The Balaban J connectivity index is 2.54. The van der Waals surface area contributed by atoms with Gasteiger partial charge in [0.1, 0.15) is 0 Å². The van der Waals surface area contributed by atoms with Crippen molar-refractivity contribution >= 4 is 10.9 Å². The molecule has 0 amide bonds. The molecule has 0 saturated heterocycles. The third-order valence-corrected chi connectivity index (χ3v) is 2.80. The van der Waals surface area contributed by atoms with Crippen molar-refractivity contribution in [2.45, 2.75) is 26.2 Å². The Morgan fingerprint density at radius 3 is 2.80 bits per heavy atom. The first-order valence-corrected chi connectivity index (χ1v) is 5.53. The van der Waals surface area contributed by atoms with Crippen LogP contribution in [0.1, 0.15) is 31.0 Å². The molecule has 3 N–H and O–H groups in total. The maximum Gasteiger partial charge on any atom is 0.0489 e. The first kappa shape index (κ1) is 10.2. The molecule has 1 heterocycles. The van der Waals surface area contributed by atoms with Crippen LogP contribution in [0, 0.1) is 0 Å². The van der Waals surface area contributed by atoms with Crippen LogP contribution in [0.5, 0.6) is 0 Å². The second kappa shape index (κ2) is 4.07. The zero-order valence-corrected chi connectivity index (χ0v) is 9.38. The molecule has 0 fully saturated rings. The van der Waals surface area contributed by atoms with Gasteiger partial charge in [0, 0.05) is 11.2 Å². The molecule has 2 aromatic rings. The van der Waals surface area contributed by atoms with Gasteiger partial charge in [0.05, 0.1) is 0 Å². The van der Waals surface area contributed by atoms with E-state index in [0.29, 0.717) is 12.5 Å². The van der Waals surface area contributed by atoms with E-state index in [-0.39, 0.29) is 0 Å². The van der Waals surface area contributed by atoms with E-state index in [2.05, 4.69) is 43.1 Å². The fraction of sp³-hybridized carbons (Fsp3) is 0.385. The van der Waals surface area contributed by atoms with Gasteiger partial charge in [-0.1, -0.05) is 32.0 Å². The Hall–Kier alpha value is -1.28. The molecule has 0 radical (unpaired) electrons. The van der Waals surface area contributed by atoms with Crippen molar-refractivity contribution in [1.29, 1.82) is 0 Å². The summed E-state index contributed by atoms with van der Waals surface area (Å²) in [6.45, 7) is 5.11. The SMILES string of the molecule is CC(C)c1cc2cccc(CCN)c2[nH]1. The first-order chi connectivity index (χ1) is 7.22. The van der Waals surface area contributed by atoms with Crippen molar-refractivity contribution in [2.24, 2.45) is 5.73 Å². The summed E-state index contributed by atoms with van der Waals surface area (Å²) in [4.78, 5) is 3.49. The molecule has 2 heteroatoms. The highest BCUT2D eigenvalue weighted by Crippen LogP contribution is 2.23. The van der Waals surface area contributed by atoms with E-state index in [9.17, 15) is 0 Å². The highest BCUT2D eigenvalue weighted by molar-refractivity contribution is 5.83. The topological polar surface area (TPSA) is 41.8 Å². The van der Waals surface area contributed by atoms with Gasteiger partial charge in [-0.15, -0.1) is 0 Å². The van der Waals surface area contributed by atoms with Crippen molar-refractivity contribution in [3.63, 3.8) is 0 Å². The molecular weight excluding hydrogens is 184 g/mol. The van der Waals surface area contributed by atoms with Crippen LogP contribution in [0.2, 0.25) is 0 Å². The largest absolute Gasteiger partial charge is 0.358 e. The molecular formula is C13H18N2. The van der Waals surface area contributed by atoms with Crippen molar-refractivity contribution in [3.8, 4) is 0 Å². The summed E-state index contributed by atoms with van der Waals surface area (Å²) in [5, 5.41) is 1.30. The van der Waals surface area contributed by atoms with Gasteiger partial charge in [0.25, 0.3) is 0 Å². The summed E-state index contributed by atoms with van der Waals surface area (Å²) in [6, 6.07) is 8.64. The summed E-state index contributed by atoms with van der Waals surface area (Å²) in [7, 11) is 0. The van der Waals surface area contributed by atoms with E-state index in [0.717, 1.165) is 6.42 Å². The third-order valence-electron chi connectivity index (χ3n) is 2.80. The number of nitrogens with one attached hydrogen (secondary N) is 1. The van der Waals surface area contributed by atoms with E-state index in [1.54, 1.807) is 0 Å². The first-order valence-electron chi connectivity index (χ1n) is 5.53. The molecule has 0 aliphatic heterocycles. The monoisotopic (exact) mass is 202 g/mol. The Labute approximate surface area is 90.5 Å². The van der Waals surface area contributed by atoms with Crippen LogP contribution in [0.25, 0.3) is 10.9 Å². The number of aromatic nitrogens is 1. The number of fused-ring (bicyclic) bond motifs is 1. The molecule has 0 aliphatic carbocycles. The highest BCUT2D eigenvalue weighted by Gasteiger charge is 2.06. The Morgan fingerprint density at radius 1 is 1.33 bits per heavy atom. The van der Waals surface area contributed by atoms with Crippen LogP contribution in [0.15, 0.2) is 24.3 Å². The summed E-state index contributed by atoms with van der Waals surface area (Å²) < 4.78 is 0. The minimum Gasteiger partial charge on any atom is -0.358 e. The number of H-pyrrole nitrogens is 1. The van der Waals surface area contributed by atoms with Crippen LogP contribution < -0.4 is 5.73 Å².